The second-order valence-corrected chi connectivity index (χ2v) is 36.4. The molecule has 0 spiro atoms. The van der Waals surface area contributed by atoms with Gasteiger partial charge in [0.25, 0.3) is 0 Å². The van der Waals surface area contributed by atoms with Crippen LogP contribution in [-0.2, 0) is 14.1 Å². The number of allylic oxidation sites excluding steroid dienone is 8. The molecular formula is C70H114N2O2S2Si2. The van der Waals surface area contributed by atoms with Crippen molar-refractivity contribution in [3.63, 3.8) is 0 Å². The Kier molecular flexibility index (Phi) is 26.8. The Morgan fingerprint density at radius 1 is 0.244 bits per heavy atom. The van der Waals surface area contributed by atoms with Gasteiger partial charge in [-0.15, -0.1) is 22.7 Å². The van der Waals surface area contributed by atoms with Crippen molar-refractivity contribution >= 4 is 38.8 Å². The van der Waals surface area contributed by atoms with E-state index in [0.29, 0.717) is 0 Å². The van der Waals surface area contributed by atoms with Gasteiger partial charge in [-0.05, 0) is 288 Å². The van der Waals surface area contributed by atoms with E-state index < -0.39 is 16.1 Å². The molecule has 6 aromatic heterocycles. The summed E-state index contributed by atoms with van der Waals surface area (Å²) in [6.07, 6.45) is 0. The number of aromatic nitrogens is 2. The highest BCUT2D eigenvalue weighted by Crippen LogP contribution is 2.39. The van der Waals surface area contributed by atoms with Crippen molar-refractivity contribution in [1.29, 1.82) is 0 Å². The molecule has 436 valence electrons. The molecule has 8 heterocycles. The lowest BCUT2D eigenvalue weighted by molar-refractivity contribution is 0.500. The molecule has 0 radical (unpaired) electrons. The van der Waals surface area contributed by atoms with Crippen LogP contribution in [0, 0.1) is 166 Å². The van der Waals surface area contributed by atoms with Crippen LogP contribution in [0.4, 0.5) is 0 Å². The Balaban J connectivity index is 0.000000446. The van der Waals surface area contributed by atoms with E-state index in [1.165, 1.54) is 109 Å². The molecule has 0 aromatic carbocycles. The van der Waals surface area contributed by atoms with Crippen molar-refractivity contribution < 1.29 is 8.83 Å². The van der Waals surface area contributed by atoms with Gasteiger partial charge < -0.3 is 18.0 Å². The van der Waals surface area contributed by atoms with E-state index in [2.05, 4.69) is 243 Å². The number of nitrogens with zero attached hydrogens (tertiary/aromatic N) is 2. The smallest absolute Gasteiger partial charge is 0.104 e. The van der Waals surface area contributed by atoms with Crippen LogP contribution in [-0.4, -0.2) is 25.3 Å². The molecular weight excluding hydrogens is 1020 g/mol. The molecule has 2 aliphatic heterocycles. The first kappa shape index (κ1) is 71.9. The SMILES string of the molecule is CC1=C(C)[Si](C)(C)C(C)=C1C.CC1=C(C)[Si](C)(C)C(C)=C1C.Cc1c(C)c(C)n(C)c1C.Cc1c(C)c(C)n(C)c1C.Cc1oc(C)c(C)c1C.Cc1oc(C)c(C)c1C.Cc1sc(C)c(C)c1C.Cc1sc(C)c(C)c1C. The fourth-order valence-electron chi connectivity index (χ4n) is 9.80. The summed E-state index contributed by atoms with van der Waals surface area (Å²) in [4.78, 5) is 5.85. The summed E-state index contributed by atoms with van der Waals surface area (Å²) in [6.45, 7) is 79.2. The van der Waals surface area contributed by atoms with E-state index in [9.17, 15) is 0 Å². The highest BCUT2D eigenvalue weighted by molar-refractivity contribution is 7.12. The summed E-state index contributed by atoms with van der Waals surface area (Å²) in [5, 5.41) is 6.69. The molecule has 0 unspecified atom stereocenters. The number of aryl methyl sites for hydroxylation is 8. The predicted molar refractivity (Wildman–Crippen MR) is 359 cm³/mol. The lowest BCUT2D eigenvalue weighted by atomic mass is 10.1. The molecule has 4 nitrogen and oxygen atoms in total. The number of furan rings is 2. The van der Waals surface area contributed by atoms with Crippen LogP contribution in [0.25, 0.3) is 0 Å². The minimum atomic E-state index is -1.11. The van der Waals surface area contributed by atoms with Gasteiger partial charge in [0, 0.05) is 56.4 Å². The quantitative estimate of drug-likeness (QED) is 0.142. The molecule has 0 fully saturated rings. The molecule has 2 aliphatic rings. The number of hydrogen-bond donors (Lipinski definition) is 0. The molecule has 8 rings (SSSR count). The van der Waals surface area contributed by atoms with Crippen LogP contribution in [0.5, 0.6) is 0 Å². The fourth-order valence-corrected chi connectivity index (χ4v) is 17.6. The van der Waals surface area contributed by atoms with Crippen LogP contribution < -0.4 is 0 Å². The second-order valence-electron chi connectivity index (χ2n) is 24.1. The average Bonchev–Trinajstić information content (AvgIpc) is 4.10. The Morgan fingerprint density at radius 2 is 0.397 bits per heavy atom. The van der Waals surface area contributed by atoms with Crippen molar-refractivity contribution in [3.8, 4) is 0 Å². The van der Waals surface area contributed by atoms with E-state index >= 15 is 0 Å². The largest absolute Gasteiger partial charge is 0.466 e. The van der Waals surface area contributed by atoms with Gasteiger partial charge in [-0.2, -0.15) is 0 Å². The van der Waals surface area contributed by atoms with Crippen molar-refractivity contribution in [3.05, 3.63) is 175 Å². The van der Waals surface area contributed by atoms with Crippen molar-refractivity contribution in [2.24, 2.45) is 14.1 Å². The molecule has 0 amide bonds. The van der Waals surface area contributed by atoms with Crippen LogP contribution in [0.15, 0.2) is 51.9 Å². The van der Waals surface area contributed by atoms with Crippen LogP contribution in [0.1, 0.15) is 187 Å². The van der Waals surface area contributed by atoms with Gasteiger partial charge in [-0.3, -0.25) is 0 Å². The lowest BCUT2D eigenvalue weighted by Crippen LogP contribution is -2.27. The van der Waals surface area contributed by atoms with Crippen LogP contribution in [0.2, 0.25) is 26.2 Å². The topological polar surface area (TPSA) is 36.1 Å². The van der Waals surface area contributed by atoms with E-state index in [4.69, 9.17) is 8.83 Å². The summed E-state index contributed by atoms with van der Waals surface area (Å²) in [5.41, 5.74) is 28.5. The summed E-state index contributed by atoms with van der Waals surface area (Å²) in [6, 6.07) is 0. The number of rotatable bonds is 0. The third kappa shape index (κ3) is 16.5. The summed E-state index contributed by atoms with van der Waals surface area (Å²) in [7, 11) is 2.00. The third-order valence-electron chi connectivity index (χ3n) is 20.1. The summed E-state index contributed by atoms with van der Waals surface area (Å²) >= 11 is 3.79. The van der Waals surface area contributed by atoms with Gasteiger partial charge >= 0.3 is 0 Å². The normalized spacial score (nSPS) is 14.0. The van der Waals surface area contributed by atoms with Gasteiger partial charge in [0.2, 0.25) is 0 Å². The molecule has 78 heavy (non-hydrogen) atoms. The molecule has 0 saturated carbocycles. The molecule has 6 aromatic rings. The Labute approximate surface area is 490 Å². The third-order valence-corrected chi connectivity index (χ3v) is 31.6. The van der Waals surface area contributed by atoms with Crippen LogP contribution >= 0.6 is 22.7 Å². The zero-order valence-corrected chi connectivity index (χ0v) is 61.2. The standard InChI is InChI=1S/2C10H18Si.2C9H15N.2C8H12O.2C8H12S/c2*1-7-8(2)10(4)11(5,6)9(7)3;2*1-6-7(2)9(4)10(5)8(6)3;4*1-5-6(2)8(4)9-7(5)3/h2*1-6H3;2*1-5H3;4*1-4H3. The predicted octanol–water partition coefficient (Wildman–Crippen LogP) is 22.4. The second kappa shape index (κ2) is 29.1. The van der Waals surface area contributed by atoms with Crippen molar-refractivity contribution in [2.45, 2.75) is 248 Å². The maximum atomic E-state index is 5.34. The molecule has 0 saturated heterocycles. The van der Waals surface area contributed by atoms with E-state index in [0.717, 1.165) is 23.0 Å². The van der Waals surface area contributed by atoms with Crippen molar-refractivity contribution in [2.75, 3.05) is 0 Å². The Morgan fingerprint density at radius 3 is 0.449 bits per heavy atom. The van der Waals surface area contributed by atoms with E-state index in [-0.39, 0.29) is 0 Å². The minimum Gasteiger partial charge on any atom is -0.466 e. The zero-order valence-electron chi connectivity index (χ0n) is 57.5. The maximum absolute atomic E-state index is 5.34. The summed E-state index contributed by atoms with van der Waals surface area (Å²) < 4.78 is 15.2. The first-order valence-corrected chi connectivity index (χ1v) is 36.1. The van der Waals surface area contributed by atoms with E-state index in [1.807, 2.05) is 50.4 Å². The molecule has 0 bridgehead atoms. The number of hydrogen-bond acceptors (Lipinski definition) is 4. The first-order valence-electron chi connectivity index (χ1n) is 28.4. The fraction of sp³-hybridized carbons (Fsp3) is 0.543. The lowest BCUT2D eigenvalue weighted by Gasteiger charge is -2.20. The molecule has 0 aliphatic carbocycles. The molecule has 0 N–H and O–H groups in total. The van der Waals surface area contributed by atoms with Gasteiger partial charge in [0.1, 0.15) is 39.2 Å². The van der Waals surface area contributed by atoms with E-state index in [1.54, 1.807) is 43.1 Å². The first-order chi connectivity index (χ1) is 35.4. The summed E-state index contributed by atoms with van der Waals surface area (Å²) in [5.74, 6) is 4.19. The molecule has 0 atom stereocenters. The highest BCUT2D eigenvalue weighted by Gasteiger charge is 2.34. The Bertz CT molecular complexity index is 2580. The van der Waals surface area contributed by atoms with Gasteiger partial charge in [0.05, 0.1) is 0 Å². The maximum Gasteiger partial charge on any atom is 0.104 e. The Hall–Kier alpha value is -4.09. The van der Waals surface area contributed by atoms with Crippen LogP contribution in [0.3, 0.4) is 0 Å². The highest BCUT2D eigenvalue weighted by atomic mass is 32.1. The monoisotopic (exact) mass is 1130 g/mol. The zero-order chi connectivity index (χ0) is 61.5. The average molecular weight is 1140 g/mol. The number of thiophene rings is 2. The van der Waals surface area contributed by atoms with Gasteiger partial charge in [-0.25, -0.2) is 0 Å². The van der Waals surface area contributed by atoms with Gasteiger partial charge in [0.15, 0.2) is 0 Å². The minimum absolute atomic E-state index is 1.05. The van der Waals surface area contributed by atoms with Gasteiger partial charge in [-0.1, -0.05) is 69.3 Å². The van der Waals surface area contributed by atoms with Crippen molar-refractivity contribution in [1.82, 2.24) is 9.13 Å². The molecule has 8 heteroatoms.